The molecule has 0 aromatic rings. The average molecular weight is 100 g/mol. The van der Waals surface area contributed by atoms with Gasteiger partial charge in [-0.05, 0) is 12.5 Å². The summed E-state index contributed by atoms with van der Waals surface area (Å²) >= 11 is 0. The minimum atomic E-state index is -0.453. The Kier molecular flexibility index (Phi) is 1.15. The lowest BCUT2D eigenvalue weighted by Crippen LogP contribution is -1.81. The van der Waals surface area contributed by atoms with Crippen LogP contribution in [0.25, 0.3) is 0 Å². The summed E-state index contributed by atoms with van der Waals surface area (Å²) in [6.07, 6.45) is 2.11. The van der Waals surface area contributed by atoms with Gasteiger partial charge in [0.2, 0.25) is 5.95 Å². The quantitative estimate of drug-likeness (QED) is 0.413. The molecular formula is C4H5FN2. The van der Waals surface area contributed by atoms with Crippen LogP contribution in [0.5, 0.6) is 0 Å². The molecule has 0 bridgehead atoms. The fourth-order valence-electron chi connectivity index (χ4n) is 0.400. The van der Waals surface area contributed by atoms with Crippen molar-refractivity contribution in [1.29, 1.82) is 0 Å². The van der Waals surface area contributed by atoms with Crippen LogP contribution in [0.3, 0.4) is 0 Å². The third-order valence-electron chi connectivity index (χ3n) is 0.708. The summed E-state index contributed by atoms with van der Waals surface area (Å²) < 4.78 is 11.8. The smallest absolute Gasteiger partial charge is 0.186 e. The van der Waals surface area contributed by atoms with E-state index < -0.39 is 5.95 Å². The zero-order valence-electron chi connectivity index (χ0n) is 3.76. The highest BCUT2D eigenvalue weighted by Crippen LogP contribution is 2.05. The van der Waals surface area contributed by atoms with Crippen LogP contribution in [-0.4, -0.2) is 6.54 Å². The van der Waals surface area contributed by atoms with Crippen LogP contribution in [0.2, 0.25) is 0 Å². The van der Waals surface area contributed by atoms with Gasteiger partial charge in [0.25, 0.3) is 0 Å². The van der Waals surface area contributed by atoms with Crippen molar-refractivity contribution in [1.82, 2.24) is 0 Å². The van der Waals surface area contributed by atoms with Crippen LogP contribution in [0, 0.1) is 0 Å². The average Bonchev–Trinajstić information content (AvgIpc) is 1.69. The maximum Gasteiger partial charge on any atom is 0.228 e. The predicted octanol–water partition coefficient (Wildman–Crippen LogP) is 1.65. The first-order chi connectivity index (χ1) is 3.39. The number of hydrogen-bond donors (Lipinski definition) is 0. The lowest BCUT2D eigenvalue weighted by molar-refractivity contribution is 0.585. The first kappa shape index (κ1) is 4.43. The molecule has 1 aliphatic heterocycles. The van der Waals surface area contributed by atoms with E-state index in [4.69, 9.17) is 0 Å². The highest BCUT2D eigenvalue weighted by molar-refractivity contribution is 4.90. The Hall–Kier alpha value is -0.730. The van der Waals surface area contributed by atoms with Crippen molar-refractivity contribution in [3.8, 4) is 0 Å². The number of nitrogens with zero attached hydrogens (tertiary/aromatic N) is 2. The maximum atomic E-state index is 11.8. The van der Waals surface area contributed by atoms with Crippen LogP contribution < -0.4 is 0 Å². The topological polar surface area (TPSA) is 24.7 Å². The number of rotatable bonds is 0. The molecule has 1 rings (SSSR count). The van der Waals surface area contributed by atoms with Crippen molar-refractivity contribution >= 4 is 0 Å². The Morgan fingerprint density at radius 1 is 1.71 bits per heavy atom. The van der Waals surface area contributed by atoms with Crippen molar-refractivity contribution in [2.45, 2.75) is 6.42 Å². The Morgan fingerprint density at radius 3 is 2.86 bits per heavy atom. The van der Waals surface area contributed by atoms with Gasteiger partial charge in [0.05, 0.1) is 6.54 Å². The number of halogens is 1. The molecule has 1 heterocycles. The molecule has 0 amide bonds. The zero-order valence-corrected chi connectivity index (χ0v) is 3.76. The maximum absolute atomic E-state index is 11.8. The number of hydrogen-bond acceptors (Lipinski definition) is 2. The SMILES string of the molecule is FC1=CCCN=N1. The molecule has 0 unspecified atom stereocenters. The Morgan fingerprint density at radius 2 is 2.57 bits per heavy atom. The summed E-state index contributed by atoms with van der Waals surface area (Å²) in [5.41, 5.74) is 0. The molecule has 7 heavy (non-hydrogen) atoms. The second kappa shape index (κ2) is 1.82. The van der Waals surface area contributed by atoms with Crippen LogP contribution in [0.4, 0.5) is 4.39 Å². The van der Waals surface area contributed by atoms with Gasteiger partial charge >= 0.3 is 0 Å². The van der Waals surface area contributed by atoms with E-state index in [1.165, 1.54) is 6.08 Å². The molecule has 0 saturated heterocycles. The molecule has 2 nitrogen and oxygen atoms in total. The fourth-order valence-corrected chi connectivity index (χ4v) is 0.400. The molecular weight excluding hydrogens is 95.1 g/mol. The van der Waals surface area contributed by atoms with E-state index in [-0.39, 0.29) is 0 Å². The van der Waals surface area contributed by atoms with Gasteiger partial charge in [-0.1, -0.05) is 0 Å². The van der Waals surface area contributed by atoms with Gasteiger partial charge < -0.3 is 0 Å². The summed E-state index contributed by atoms with van der Waals surface area (Å²) in [6.45, 7) is 0.632. The summed E-state index contributed by atoms with van der Waals surface area (Å²) in [5, 5.41) is 6.59. The van der Waals surface area contributed by atoms with Crippen LogP contribution in [0.1, 0.15) is 6.42 Å². The first-order valence-corrected chi connectivity index (χ1v) is 2.13. The van der Waals surface area contributed by atoms with Crippen LogP contribution in [-0.2, 0) is 0 Å². The van der Waals surface area contributed by atoms with Gasteiger partial charge in [-0.2, -0.15) is 9.50 Å². The van der Waals surface area contributed by atoms with Crippen molar-refractivity contribution in [2.24, 2.45) is 10.2 Å². The summed E-state index contributed by atoms with van der Waals surface area (Å²) in [5.74, 6) is -0.453. The van der Waals surface area contributed by atoms with Gasteiger partial charge in [0.1, 0.15) is 0 Å². The standard InChI is InChI=1S/C4H5FN2/c5-4-2-1-3-6-7-4/h2H,1,3H2. The van der Waals surface area contributed by atoms with Crippen LogP contribution in [0.15, 0.2) is 22.3 Å². The van der Waals surface area contributed by atoms with Gasteiger partial charge in [-0.25, -0.2) is 0 Å². The van der Waals surface area contributed by atoms with Crippen molar-refractivity contribution < 1.29 is 4.39 Å². The molecule has 0 atom stereocenters. The van der Waals surface area contributed by atoms with E-state index in [0.29, 0.717) is 13.0 Å². The Balaban J connectivity index is 2.58. The summed E-state index contributed by atoms with van der Waals surface area (Å²) in [7, 11) is 0. The third-order valence-corrected chi connectivity index (χ3v) is 0.708. The molecule has 0 aromatic heterocycles. The first-order valence-electron chi connectivity index (χ1n) is 2.13. The summed E-state index contributed by atoms with van der Waals surface area (Å²) in [6, 6.07) is 0. The van der Waals surface area contributed by atoms with Gasteiger partial charge in [-0.15, -0.1) is 5.11 Å². The highest BCUT2D eigenvalue weighted by atomic mass is 19.1. The minimum Gasteiger partial charge on any atom is -0.186 e. The molecule has 0 fully saturated rings. The van der Waals surface area contributed by atoms with Crippen LogP contribution >= 0.6 is 0 Å². The molecule has 0 N–H and O–H groups in total. The van der Waals surface area contributed by atoms with Gasteiger partial charge in [-0.3, -0.25) is 0 Å². The third kappa shape index (κ3) is 1.07. The Labute approximate surface area is 40.8 Å². The van der Waals surface area contributed by atoms with Crippen molar-refractivity contribution in [3.63, 3.8) is 0 Å². The largest absolute Gasteiger partial charge is 0.228 e. The normalized spacial score (nSPS) is 19.3. The predicted molar refractivity (Wildman–Crippen MR) is 23.5 cm³/mol. The molecule has 38 valence electrons. The zero-order chi connectivity index (χ0) is 5.11. The van der Waals surface area contributed by atoms with Crippen molar-refractivity contribution in [3.05, 3.63) is 12.0 Å². The second-order valence-corrected chi connectivity index (χ2v) is 1.28. The molecule has 0 aromatic carbocycles. The minimum absolute atomic E-state index is 0.453. The molecule has 0 spiro atoms. The number of azo groups is 1. The van der Waals surface area contributed by atoms with E-state index in [9.17, 15) is 4.39 Å². The molecule has 1 aliphatic rings. The Bertz CT molecular complexity index is 117. The van der Waals surface area contributed by atoms with Crippen molar-refractivity contribution in [2.75, 3.05) is 6.54 Å². The lowest BCUT2D eigenvalue weighted by atomic mass is 10.4. The fraction of sp³-hybridized carbons (Fsp3) is 0.500. The second-order valence-electron chi connectivity index (χ2n) is 1.28. The molecule has 0 radical (unpaired) electrons. The molecule has 0 saturated carbocycles. The van der Waals surface area contributed by atoms with Gasteiger partial charge in [0.15, 0.2) is 0 Å². The van der Waals surface area contributed by atoms with E-state index >= 15 is 0 Å². The lowest BCUT2D eigenvalue weighted by Gasteiger charge is -1.91. The van der Waals surface area contributed by atoms with E-state index in [1.807, 2.05) is 0 Å². The monoisotopic (exact) mass is 100 g/mol. The van der Waals surface area contributed by atoms with E-state index in [1.54, 1.807) is 0 Å². The van der Waals surface area contributed by atoms with Gasteiger partial charge in [0, 0.05) is 0 Å². The van der Waals surface area contributed by atoms with E-state index in [0.717, 1.165) is 0 Å². The molecule has 3 heteroatoms. The summed E-state index contributed by atoms with van der Waals surface area (Å²) in [4.78, 5) is 0. The van der Waals surface area contributed by atoms with E-state index in [2.05, 4.69) is 10.2 Å². The highest BCUT2D eigenvalue weighted by Gasteiger charge is 1.93. The molecule has 0 aliphatic carbocycles.